The van der Waals surface area contributed by atoms with Gasteiger partial charge in [0.1, 0.15) is 5.78 Å². The predicted molar refractivity (Wildman–Crippen MR) is 131 cm³/mol. The summed E-state index contributed by atoms with van der Waals surface area (Å²) in [6.07, 6.45) is 22.1. The number of unbranched alkanes of at least 4 members (excludes halogenated alkanes) is 8. The van der Waals surface area contributed by atoms with Gasteiger partial charge >= 0.3 is 0 Å². The van der Waals surface area contributed by atoms with Gasteiger partial charge in [-0.15, -0.1) is 0 Å². The van der Waals surface area contributed by atoms with E-state index in [4.69, 9.17) is 5.73 Å². The molecule has 0 heterocycles. The van der Waals surface area contributed by atoms with Crippen molar-refractivity contribution in [3.8, 4) is 0 Å². The van der Waals surface area contributed by atoms with Crippen molar-refractivity contribution in [1.82, 2.24) is 10.6 Å². The van der Waals surface area contributed by atoms with Crippen molar-refractivity contribution in [3.63, 3.8) is 0 Å². The normalized spacial score (nSPS) is 16.1. The van der Waals surface area contributed by atoms with E-state index in [1.807, 2.05) is 0 Å². The molecule has 0 aromatic heterocycles. The molecule has 0 aromatic rings. The Balaban J connectivity index is 1.81. The van der Waals surface area contributed by atoms with E-state index < -0.39 is 0 Å². The first kappa shape index (κ1) is 27.6. The number of hydrogen-bond donors (Lipinski definition) is 3. The Kier molecular flexibility index (Phi) is 18.8. The third-order valence-corrected chi connectivity index (χ3v) is 6.67. The molecule has 1 saturated carbocycles. The Labute approximate surface area is 187 Å². The molecule has 30 heavy (non-hydrogen) atoms. The van der Waals surface area contributed by atoms with Gasteiger partial charge in [-0.25, -0.2) is 0 Å². The summed E-state index contributed by atoms with van der Waals surface area (Å²) in [5, 5.41) is 7.11. The van der Waals surface area contributed by atoms with Crippen molar-refractivity contribution >= 4 is 5.78 Å². The van der Waals surface area contributed by atoms with E-state index in [1.165, 1.54) is 103 Å². The maximum atomic E-state index is 12.2. The Hall–Kier alpha value is -0.450. The molecule has 4 heteroatoms. The SMILES string of the molecule is CCCCNCCCCCCCCCC(=O)[C@@H](N)CCCCNCC1CCCCC1. The van der Waals surface area contributed by atoms with Crippen LogP contribution in [0.15, 0.2) is 0 Å². The van der Waals surface area contributed by atoms with Crippen LogP contribution in [0.3, 0.4) is 0 Å². The number of Topliss-reactive ketones (excluding diaryl/α,β-unsaturated/α-hetero) is 1. The molecule has 0 unspecified atom stereocenters. The Morgan fingerprint density at radius 1 is 0.800 bits per heavy atom. The highest BCUT2D eigenvalue weighted by Crippen LogP contribution is 2.22. The van der Waals surface area contributed by atoms with E-state index in [-0.39, 0.29) is 11.8 Å². The van der Waals surface area contributed by atoms with Crippen LogP contribution in [0.1, 0.15) is 122 Å². The summed E-state index contributed by atoms with van der Waals surface area (Å²) in [6, 6.07) is -0.233. The van der Waals surface area contributed by atoms with Crippen LogP contribution in [-0.4, -0.2) is 38.0 Å². The number of hydrogen-bond acceptors (Lipinski definition) is 4. The van der Waals surface area contributed by atoms with E-state index in [2.05, 4.69) is 17.6 Å². The molecule has 4 nitrogen and oxygen atoms in total. The van der Waals surface area contributed by atoms with E-state index in [0.29, 0.717) is 6.42 Å². The number of carbonyl (C=O) groups excluding carboxylic acids is 1. The van der Waals surface area contributed by atoms with Crippen molar-refractivity contribution in [2.45, 2.75) is 129 Å². The second-order valence-electron chi connectivity index (χ2n) is 9.61. The second-order valence-corrected chi connectivity index (χ2v) is 9.61. The molecule has 0 aliphatic heterocycles. The zero-order valence-electron chi connectivity index (χ0n) is 20.2. The molecule has 178 valence electrons. The van der Waals surface area contributed by atoms with Crippen LogP contribution in [0.25, 0.3) is 0 Å². The molecule has 1 aliphatic carbocycles. The molecule has 1 atom stereocenters. The first-order valence-electron chi connectivity index (χ1n) is 13.4. The van der Waals surface area contributed by atoms with Gasteiger partial charge < -0.3 is 16.4 Å². The zero-order valence-corrected chi connectivity index (χ0v) is 20.2. The van der Waals surface area contributed by atoms with Gasteiger partial charge in [0.25, 0.3) is 0 Å². The third kappa shape index (κ3) is 16.3. The number of ketones is 1. The van der Waals surface area contributed by atoms with Gasteiger partial charge in [-0.05, 0) is 77.0 Å². The molecule has 0 radical (unpaired) electrons. The summed E-state index contributed by atoms with van der Waals surface area (Å²) in [6.45, 7) is 6.83. The van der Waals surface area contributed by atoms with Crippen LogP contribution in [-0.2, 0) is 4.79 Å². The zero-order chi connectivity index (χ0) is 21.7. The molecule has 0 bridgehead atoms. The number of rotatable bonds is 21. The van der Waals surface area contributed by atoms with Crippen molar-refractivity contribution in [2.24, 2.45) is 11.7 Å². The number of nitrogens with one attached hydrogen (secondary N) is 2. The van der Waals surface area contributed by atoms with Gasteiger partial charge in [-0.3, -0.25) is 4.79 Å². The summed E-state index contributed by atoms with van der Waals surface area (Å²) in [5.74, 6) is 1.18. The van der Waals surface area contributed by atoms with E-state index in [0.717, 1.165) is 38.1 Å². The Bertz CT molecular complexity index is 382. The smallest absolute Gasteiger partial charge is 0.149 e. The maximum absolute atomic E-state index is 12.2. The molecular weight excluding hydrogens is 370 g/mol. The minimum absolute atomic E-state index is 0.233. The molecule has 0 amide bonds. The van der Waals surface area contributed by atoms with E-state index >= 15 is 0 Å². The minimum Gasteiger partial charge on any atom is -0.322 e. The van der Waals surface area contributed by atoms with Crippen LogP contribution in [0.2, 0.25) is 0 Å². The fourth-order valence-electron chi connectivity index (χ4n) is 4.52. The lowest BCUT2D eigenvalue weighted by atomic mass is 9.89. The summed E-state index contributed by atoms with van der Waals surface area (Å²) >= 11 is 0. The third-order valence-electron chi connectivity index (χ3n) is 6.67. The van der Waals surface area contributed by atoms with Crippen molar-refractivity contribution in [3.05, 3.63) is 0 Å². The van der Waals surface area contributed by atoms with Crippen LogP contribution in [0, 0.1) is 5.92 Å². The molecule has 1 fully saturated rings. The largest absolute Gasteiger partial charge is 0.322 e. The molecular formula is C26H53N3O. The van der Waals surface area contributed by atoms with Crippen LogP contribution in [0.5, 0.6) is 0 Å². The molecule has 0 saturated heterocycles. The average Bonchev–Trinajstić information content (AvgIpc) is 2.77. The van der Waals surface area contributed by atoms with E-state index in [1.54, 1.807) is 0 Å². The summed E-state index contributed by atoms with van der Waals surface area (Å²) in [4.78, 5) is 12.2. The first-order valence-corrected chi connectivity index (χ1v) is 13.4. The minimum atomic E-state index is -0.233. The maximum Gasteiger partial charge on any atom is 0.149 e. The molecule has 0 spiro atoms. The lowest BCUT2D eigenvalue weighted by Crippen LogP contribution is -2.30. The predicted octanol–water partition coefficient (Wildman–Crippen LogP) is 5.73. The summed E-state index contributed by atoms with van der Waals surface area (Å²) in [7, 11) is 0. The van der Waals surface area contributed by atoms with E-state index in [9.17, 15) is 4.79 Å². The van der Waals surface area contributed by atoms with Crippen LogP contribution < -0.4 is 16.4 Å². The van der Waals surface area contributed by atoms with Gasteiger partial charge in [-0.2, -0.15) is 0 Å². The Morgan fingerprint density at radius 3 is 2.13 bits per heavy atom. The van der Waals surface area contributed by atoms with Crippen molar-refractivity contribution in [1.29, 1.82) is 0 Å². The molecule has 0 aromatic carbocycles. The van der Waals surface area contributed by atoms with Gasteiger partial charge in [-0.1, -0.05) is 71.1 Å². The number of nitrogens with two attached hydrogens (primary N) is 1. The van der Waals surface area contributed by atoms with Crippen molar-refractivity contribution in [2.75, 3.05) is 26.2 Å². The summed E-state index contributed by atoms with van der Waals surface area (Å²) in [5.41, 5.74) is 6.11. The van der Waals surface area contributed by atoms with Crippen molar-refractivity contribution < 1.29 is 4.79 Å². The molecule has 1 rings (SSSR count). The quantitative estimate of drug-likeness (QED) is 0.206. The highest BCUT2D eigenvalue weighted by atomic mass is 16.1. The first-order chi connectivity index (χ1) is 14.7. The van der Waals surface area contributed by atoms with Gasteiger partial charge in [0.2, 0.25) is 0 Å². The Morgan fingerprint density at radius 2 is 1.40 bits per heavy atom. The lowest BCUT2D eigenvalue weighted by molar-refractivity contribution is -0.120. The molecule has 1 aliphatic rings. The topological polar surface area (TPSA) is 67.2 Å². The lowest BCUT2D eigenvalue weighted by Gasteiger charge is -2.21. The monoisotopic (exact) mass is 423 g/mol. The fraction of sp³-hybridized carbons (Fsp3) is 0.962. The van der Waals surface area contributed by atoms with Gasteiger partial charge in [0.15, 0.2) is 0 Å². The fourth-order valence-corrected chi connectivity index (χ4v) is 4.52. The highest BCUT2D eigenvalue weighted by Gasteiger charge is 2.13. The van der Waals surface area contributed by atoms with Gasteiger partial charge in [0, 0.05) is 6.42 Å². The second kappa shape index (κ2) is 20.5. The standard InChI is InChI=1S/C26H53N3O/c1-2-3-20-28-21-14-8-6-4-5-7-12-19-26(30)25(27)18-13-15-22-29-23-24-16-10-9-11-17-24/h24-25,28-29H,2-23,27H2,1H3/t25-/m0/s1. The average molecular weight is 424 g/mol. The van der Waals surface area contributed by atoms with Crippen LogP contribution in [0.4, 0.5) is 0 Å². The van der Waals surface area contributed by atoms with Crippen LogP contribution >= 0.6 is 0 Å². The summed E-state index contributed by atoms with van der Waals surface area (Å²) < 4.78 is 0. The highest BCUT2D eigenvalue weighted by molar-refractivity contribution is 5.83. The number of carbonyl (C=O) groups is 1. The van der Waals surface area contributed by atoms with Gasteiger partial charge in [0.05, 0.1) is 6.04 Å². The molecule has 4 N–H and O–H groups in total.